The summed E-state index contributed by atoms with van der Waals surface area (Å²) >= 11 is 1.20. The number of esters is 1. The molecule has 1 aliphatic rings. The van der Waals surface area contributed by atoms with Crippen LogP contribution >= 0.6 is 11.3 Å². The van der Waals surface area contributed by atoms with Gasteiger partial charge in [-0.25, -0.2) is 9.78 Å². The lowest BCUT2D eigenvalue weighted by Gasteiger charge is -2.34. The number of hydrogen-bond donors (Lipinski definition) is 1. The maximum Gasteiger partial charge on any atom is 0.358 e. The first-order chi connectivity index (χ1) is 9.95. The molecule has 21 heavy (non-hydrogen) atoms. The number of ketones is 1. The Morgan fingerprint density at radius 3 is 2.67 bits per heavy atom. The Bertz CT molecular complexity index is 535. The summed E-state index contributed by atoms with van der Waals surface area (Å²) in [4.78, 5) is 28.2. The fourth-order valence-electron chi connectivity index (χ4n) is 2.16. The van der Waals surface area contributed by atoms with Crippen LogP contribution in [-0.4, -0.2) is 42.1 Å². The second-order valence-electron chi connectivity index (χ2n) is 5.27. The maximum atomic E-state index is 11.9. The molecule has 0 spiro atoms. The third kappa shape index (κ3) is 3.79. The summed E-state index contributed by atoms with van der Waals surface area (Å²) in [7, 11) is 0. The van der Waals surface area contributed by atoms with Gasteiger partial charge in [0.05, 0.1) is 6.61 Å². The molecule has 116 valence electrons. The van der Waals surface area contributed by atoms with Gasteiger partial charge < -0.3 is 14.8 Å². The number of carbonyl (C=O) groups is 2. The molecule has 0 amide bonds. The van der Waals surface area contributed by atoms with Gasteiger partial charge in [-0.05, 0) is 26.7 Å². The number of carbonyl (C=O) groups excluding carboxylic acids is 2. The number of aromatic nitrogens is 1. The molecular formula is C14H20N2O4S. The Balaban J connectivity index is 2.22. The van der Waals surface area contributed by atoms with Crippen LogP contribution < -0.4 is 5.32 Å². The molecule has 0 atom stereocenters. The first-order valence-corrected chi connectivity index (χ1v) is 7.81. The van der Waals surface area contributed by atoms with Crippen molar-refractivity contribution < 1.29 is 19.1 Å². The molecule has 1 N–H and O–H groups in total. The summed E-state index contributed by atoms with van der Waals surface area (Å²) in [5.41, 5.74) is -0.0247. The van der Waals surface area contributed by atoms with E-state index in [2.05, 4.69) is 17.2 Å². The average molecular weight is 312 g/mol. The van der Waals surface area contributed by atoms with E-state index in [4.69, 9.17) is 9.47 Å². The molecule has 1 fully saturated rings. The highest BCUT2D eigenvalue weighted by Gasteiger charge is 2.30. The SMILES string of the molecule is CCOC(=O)c1nc(NC2(C)CCOCC2)sc1C(C)=O. The largest absolute Gasteiger partial charge is 0.461 e. The van der Waals surface area contributed by atoms with Crippen LogP contribution in [0.2, 0.25) is 0 Å². The highest BCUT2D eigenvalue weighted by Crippen LogP contribution is 2.30. The molecule has 1 aliphatic heterocycles. The molecule has 1 saturated heterocycles. The molecule has 2 heterocycles. The Morgan fingerprint density at radius 1 is 1.43 bits per heavy atom. The van der Waals surface area contributed by atoms with Crippen LogP contribution in [0.3, 0.4) is 0 Å². The predicted octanol–water partition coefficient (Wildman–Crippen LogP) is 2.50. The third-order valence-corrected chi connectivity index (χ3v) is 4.49. The van der Waals surface area contributed by atoms with Crippen molar-refractivity contribution in [2.75, 3.05) is 25.1 Å². The van der Waals surface area contributed by atoms with Crippen molar-refractivity contribution in [1.29, 1.82) is 0 Å². The number of thiazole rings is 1. The highest BCUT2D eigenvalue weighted by molar-refractivity contribution is 7.17. The fourth-order valence-corrected chi connectivity index (χ4v) is 3.15. The molecule has 6 nitrogen and oxygen atoms in total. The molecule has 1 aromatic heterocycles. The van der Waals surface area contributed by atoms with E-state index in [1.807, 2.05) is 0 Å². The Morgan fingerprint density at radius 2 is 2.10 bits per heavy atom. The first-order valence-electron chi connectivity index (χ1n) is 7.00. The second-order valence-corrected chi connectivity index (χ2v) is 6.27. The summed E-state index contributed by atoms with van der Waals surface area (Å²) in [5.74, 6) is -0.732. The monoisotopic (exact) mass is 312 g/mol. The van der Waals surface area contributed by atoms with Crippen molar-refractivity contribution in [2.24, 2.45) is 0 Å². The number of ether oxygens (including phenoxy) is 2. The van der Waals surface area contributed by atoms with Gasteiger partial charge in [0.1, 0.15) is 4.88 Å². The minimum Gasteiger partial charge on any atom is -0.461 e. The highest BCUT2D eigenvalue weighted by atomic mass is 32.1. The average Bonchev–Trinajstić information content (AvgIpc) is 2.83. The fraction of sp³-hybridized carbons (Fsp3) is 0.643. The summed E-state index contributed by atoms with van der Waals surface area (Å²) < 4.78 is 10.3. The number of Topliss-reactive ketones (excluding diaryl/α,β-unsaturated/α-hetero) is 1. The Hall–Kier alpha value is -1.47. The smallest absolute Gasteiger partial charge is 0.358 e. The van der Waals surface area contributed by atoms with Crippen LogP contribution in [-0.2, 0) is 9.47 Å². The number of nitrogens with zero attached hydrogens (tertiary/aromatic N) is 1. The van der Waals surface area contributed by atoms with E-state index in [0.717, 1.165) is 12.8 Å². The van der Waals surface area contributed by atoms with Crippen molar-refractivity contribution in [3.8, 4) is 0 Å². The topological polar surface area (TPSA) is 77.5 Å². The quantitative estimate of drug-likeness (QED) is 0.665. The molecule has 0 unspecified atom stereocenters. The van der Waals surface area contributed by atoms with Crippen molar-refractivity contribution in [3.05, 3.63) is 10.6 Å². The van der Waals surface area contributed by atoms with Gasteiger partial charge in [0.2, 0.25) is 0 Å². The Kier molecular flexibility index (Phi) is 4.95. The van der Waals surface area contributed by atoms with E-state index in [0.29, 0.717) is 23.2 Å². The summed E-state index contributed by atoms with van der Waals surface area (Å²) in [6, 6.07) is 0. The molecule has 0 saturated carbocycles. The van der Waals surface area contributed by atoms with Gasteiger partial charge in [0.15, 0.2) is 16.6 Å². The van der Waals surface area contributed by atoms with Gasteiger partial charge in [0, 0.05) is 25.7 Å². The zero-order chi connectivity index (χ0) is 15.5. The van der Waals surface area contributed by atoms with Crippen LogP contribution in [0.25, 0.3) is 0 Å². The van der Waals surface area contributed by atoms with Crippen LogP contribution in [0.1, 0.15) is 53.8 Å². The van der Waals surface area contributed by atoms with Crippen LogP contribution in [0.15, 0.2) is 0 Å². The molecule has 1 aromatic rings. The van der Waals surface area contributed by atoms with Gasteiger partial charge in [0.25, 0.3) is 0 Å². The molecule has 2 rings (SSSR count). The number of hydrogen-bond acceptors (Lipinski definition) is 7. The van der Waals surface area contributed by atoms with E-state index >= 15 is 0 Å². The van der Waals surface area contributed by atoms with E-state index in [1.165, 1.54) is 18.3 Å². The third-order valence-electron chi connectivity index (χ3n) is 3.42. The van der Waals surface area contributed by atoms with Crippen molar-refractivity contribution in [1.82, 2.24) is 4.98 Å². The van der Waals surface area contributed by atoms with Crippen molar-refractivity contribution >= 4 is 28.2 Å². The molecule has 7 heteroatoms. The van der Waals surface area contributed by atoms with E-state index in [-0.39, 0.29) is 23.6 Å². The van der Waals surface area contributed by atoms with Gasteiger partial charge in [-0.1, -0.05) is 11.3 Å². The van der Waals surface area contributed by atoms with Crippen molar-refractivity contribution in [3.63, 3.8) is 0 Å². The lowest BCUT2D eigenvalue weighted by atomic mass is 9.93. The molecule has 0 bridgehead atoms. The first kappa shape index (κ1) is 15.9. The van der Waals surface area contributed by atoms with Gasteiger partial charge in [-0.15, -0.1) is 0 Å². The van der Waals surface area contributed by atoms with Crippen molar-refractivity contribution in [2.45, 2.75) is 39.2 Å². The Labute approximate surface area is 127 Å². The molecule has 0 aliphatic carbocycles. The van der Waals surface area contributed by atoms with E-state index < -0.39 is 5.97 Å². The maximum absolute atomic E-state index is 11.9. The summed E-state index contributed by atoms with van der Waals surface area (Å²) in [6.07, 6.45) is 1.72. The second kappa shape index (κ2) is 6.53. The molecular weight excluding hydrogens is 292 g/mol. The van der Waals surface area contributed by atoms with Gasteiger partial charge in [-0.3, -0.25) is 4.79 Å². The van der Waals surface area contributed by atoms with Gasteiger partial charge >= 0.3 is 5.97 Å². The standard InChI is InChI=1S/C14H20N2O4S/c1-4-20-12(18)10-11(9(2)17)21-13(15-10)16-14(3)5-7-19-8-6-14/h4-8H2,1-3H3,(H,15,16). The number of nitrogens with one attached hydrogen (secondary N) is 1. The van der Waals surface area contributed by atoms with E-state index in [1.54, 1.807) is 6.92 Å². The zero-order valence-electron chi connectivity index (χ0n) is 12.5. The minimum absolute atomic E-state index is 0.104. The van der Waals surface area contributed by atoms with Gasteiger partial charge in [-0.2, -0.15) is 0 Å². The van der Waals surface area contributed by atoms with E-state index in [9.17, 15) is 9.59 Å². The summed E-state index contributed by atoms with van der Waals surface area (Å²) in [5, 5.41) is 3.91. The van der Waals surface area contributed by atoms with Crippen LogP contribution in [0.5, 0.6) is 0 Å². The number of anilines is 1. The minimum atomic E-state index is -0.552. The molecule has 0 radical (unpaired) electrons. The van der Waals surface area contributed by atoms with Crippen LogP contribution in [0, 0.1) is 0 Å². The molecule has 0 aromatic carbocycles. The lowest BCUT2D eigenvalue weighted by molar-refractivity contribution is 0.0517. The normalized spacial score (nSPS) is 17.3. The lowest BCUT2D eigenvalue weighted by Crippen LogP contribution is -2.40. The zero-order valence-corrected chi connectivity index (χ0v) is 13.3. The van der Waals surface area contributed by atoms with Crippen LogP contribution in [0.4, 0.5) is 5.13 Å². The summed E-state index contributed by atoms with van der Waals surface area (Å²) in [6.45, 7) is 6.88. The number of rotatable bonds is 5. The predicted molar refractivity (Wildman–Crippen MR) is 80.2 cm³/mol.